The predicted molar refractivity (Wildman–Crippen MR) is 67.0 cm³/mol. The van der Waals surface area contributed by atoms with Crippen LogP contribution in [0, 0.1) is 0 Å². The van der Waals surface area contributed by atoms with Crippen molar-refractivity contribution in [2.24, 2.45) is 0 Å². The molecule has 6 heteroatoms. The number of hydrogen-bond acceptors (Lipinski definition) is 3. The van der Waals surface area contributed by atoms with Crippen LogP contribution in [0.2, 0.25) is 0 Å². The second kappa shape index (κ2) is 7.33. The summed E-state index contributed by atoms with van der Waals surface area (Å²) in [7, 11) is 1.54. The van der Waals surface area contributed by atoms with Crippen molar-refractivity contribution in [2.75, 3.05) is 7.11 Å². The molecule has 0 fully saturated rings. The maximum atomic E-state index is 12.0. The summed E-state index contributed by atoms with van der Waals surface area (Å²) in [6.45, 7) is 2.47. The maximum absolute atomic E-state index is 12.0. The molecule has 1 heterocycles. The Morgan fingerprint density at radius 2 is 2.11 bits per heavy atom. The lowest BCUT2D eigenvalue weighted by atomic mass is 10.1. The third-order valence-electron chi connectivity index (χ3n) is 2.76. The number of rotatable bonds is 7. The van der Waals surface area contributed by atoms with Crippen LogP contribution in [-0.4, -0.2) is 24.3 Å². The van der Waals surface area contributed by atoms with E-state index in [1.165, 1.54) is 0 Å². The van der Waals surface area contributed by atoms with Gasteiger partial charge in [0.15, 0.2) is 0 Å². The van der Waals surface area contributed by atoms with Gasteiger partial charge in [0.2, 0.25) is 5.88 Å². The molecule has 0 radical (unpaired) electrons. The van der Waals surface area contributed by atoms with E-state index in [1.54, 1.807) is 19.4 Å². The lowest BCUT2D eigenvalue weighted by molar-refractivity contribution is -0.135. The van der Waals surface area contributed by atoms with E-state index in [-0.39, 0.29) is 12.5 Å². The van der Waals surface area contributed by atoms with Crippen LogP contribution >= 0.6 is 0 Å². The first kappa shape index (κ1) is 15.8. The first-order chi connectivity index (χ1) is 8.90. The number of nitrogens with one attached hydrogen (secondary N) is 1. The summed E-state index contributed by atoms with van der Waals surface area (Å²) < 4.78 is 40.9. The van der Waals surface area contributed by atoms with Crippen LogP contribution in [0.5, 0.6) is 5.88 Å². The van der Waals surface area contributed by atoms with E-state index in [0.29, 0.717) is 18.8 Å². The first-order valence-corrected chi connectivity index (χ1v) is 6.20. The number of alkyl halides is 3. The molecule has 0 bridgehead atoms. The van der Waals surface area contributed by atoms with Gasteiger partial charge in [0.1, 0.15) is 0 Å². The SMILES string of the molecule is COc1ccc(CNC(C)CCCC(F)(F)F)cn1. The van der Waals surface area contributed by atoms with Gasteiger partial charge in [-0.2, -0.15) is 13.2 Å². The minimum atomic E-state index is -4.06. The molecule has 0 saturated carbocycles. The molecule has 0 saturated heterocycles. The van der Waals surface area contributed by atoms with E-state index in [2.05, 4.69) is 10.3 Å². The number of methoxy groups -OCH3 is 1. The second-order valence-corrected chi connectivity index (χ2v) is 4.50. The molecule has 1 atom stereocenters. The van der Waals surface area contributed by atoms with Crippen LogP contribution in [0.3, 0.4) is 0 Å². The first-order valence-electron chi connectivity index (χ1n) is 6.20. The maximum Gasteiger partial charge on any atom is 0.389 e. The van der Waals surface area contributed by atoms with E-state index < -0.39 is 12.6 Å². The van der Waals surface area contributed by atoms with E-state index in [9.17, 15) is 13.2 Å². The van der Waals surface area contributed by atoms with Crippen molar-refractivity contribution in [2.45, 2.75) is 44.9 Å². The zero-order valence-electron chi connectivity index (χ0n) is 11.1. The van der Waals surface area contributed by atoms with Crippen molar-refractivity contribution in [3.63, 3.8) is 0 Å². The van der Waals surface area contributed by atoms with Crippen molar-refractivity contribution in [3.8, 4) is 5.88 Å². The van der Waals surface area contributed by atoms with Gasteiger partial charge in [0, 0.05) is 31.3 Å². The normalized spacial score (nSPS) is 13.3. The van der Waals surface area contributed by atoms with E-state index >= 15 is 0 Å². The van der Waals surface area contributed by atoms with Crippen LogP contribution < -0.4 is 10.1 Å². The number of ether oxygens (including phenoxy) is 1. The minimum Gasteiger partial charge on any atom is -0.481 e. The molecule has 0 spiro atoms. The molecular formula is C13H19F3N2O. The van der Waals surface area contributed by atoms with Crippen molar-refractivity contribution < 1.29 is 17.9 Å². The third-order valence-corrected chi connectivity index (χ3v) is 2.76. The van der Waals surface area contributed by atoms with Gasteiger partial charge in [0.25, 0.3) is 0 Å². The highest BCUT2D eigenvalue weighted by molar-refractivity contribution is 5.17. The van der Waals surface area contributed by atoms with Crippen LogP contribution in [0.1, 0.15) is 31.7 Å². The van der Waals surface area contributed by atoms with E-state index in [4.69, 9.17) is 4.74 Å². The van der Waals surface area contributed by atoms with Gasteiger partial charge >= 0.3 is 6.18 Å². The monoisotopic (exact) mass is 276 g/mol. The fourth-order valence-electron chi connectivity index (χ4n) is 1.64. The fourth-order valence-corrected chi connectivity index (χ4v) is 1.64. The van der Waals surface area contributed by atoms with Crippen molar-refractivity contribution in [3.05, 3.63) is 23.9 Å². The molecule has 1 aromatic rings. The zero-order valence-corrected chi connectivity index (χ0v) is 11.1. The molecule has 1 unspecified atom stereocenters. The third kappa shape index (κ3) is 7.00. The summed E-state index contributed by atoms with van der Waals surface area (Å²) in [6, 6.07) is 3.68. The van der Waals surface area contributed by atoms with Gasteiger partial charge < -0.3 is 10.1 Å². The summed E-state index contributed by atoms with van der Waals surface area (Å²) >= 11 is 0. The second-order valence-electron chi connectivity index (χ2n) is 4.50. The average molecular weight is 276 g/mol. The molecule has 1 rings (SSSR count). The van der Waals surface area contributed by atoms with Crippen molar-refractivity contribution in [1.82, 2.24) is 10.3 Å². The Morgan fingerprint density at radius 3 is 2.63 bits per heavy atom. The number of halogens is 3. The summed E-state index contributed by atoms with van der Waals surface area (Å²) in [5, 5.41) is 3.17. The molecular weight excluding hydrogens is 257 g/mol. The van der Waals surface area contributed by atoms with Gasteiger partial charge in [-0.1, -0.05) is 6.07 Å². The smallest absolute Gasteiger partial charge is 0.389 e. The largest absolute Gasteiger partial charge is 0.481 e. The average Bonchev–Trinajstić information content (AvgIpc) is 2.35. The molecule has 1 aromatic heterocycles. The molecule has 0 amide bonds. The van der Waals surface area contributed by atoms with Crippen LogP contribution in [0.25, 0.3) is 0 Å². The molecule has 108 valence electrons. The summed E-state index contributed by atoms with van der Waals surface area (Å²) in [6.07, 6.45) is -2.43. The summed E-state index contributed by atoms with van der Waals surface area (Å²) in [5.74, 6) is 0.543. The Hall–Kier alpha value is -1.30. The van der Waals surface area contributed by atoms with Gasteiger partial charge in [-0.3, -0.25) is 0 Å². The molecule has 1 N–H and O–H groups in total. The van der Waals surface area contributed by atoms with Crippen LogP contribution in [0.15, 0.2) is 18.3 Å². The highest BCUT2D eigenvalue weighted by Gasteiger charge is 2.26. The minimum absolute atomic E-state index is 0.0458. The van der Waals surface area contributed by atoms with Crippen LogP contribution in [0.4, 0.5) is 13.2 Å². The number of aromatic nitrogens is 1. The lowest BCUT2D eigenvalue weighted by Crippen LogP contribution is -2.25. The molecule has 19 heavy (non-hydrogen) atoms. The Balaban J connectivity index is 2.23. The molecule has 3 nitrogen and oxygen atoms in total. The summed E-state index contributed by atoms with van der Waals surface area (Å²) in [4.78, 5) is 4.06. The topological polar surface area (TPSA) is 34.1 Å². The highest BCUT2D eigenvalue weighted by Crippen LogP contribution is 2.22. The van der Waals surface area contributed by atoms with Gasteiger partial charge in [-0.05, 0) is 25.3 Å². The summed E-state index contributed by atoms with van der Waals surface area (Å²) in [5.41, 5.74) is 0.975. The van der Waals surface area contributed by atoms with Crippen molar-refractivity contribution >= 4 is 0 Å². The highest BCUT2D eigenvalue weighted by atomic mass is 19.4. The predicted octanol–water partition coefficient (Wildman–Crippen LogP) is 3.30. The Labute approximate surface area is 111 Å². The Kier molecular flexibility index (Phi) is 6.08. The van der Waals surface area contributed by atoms with Gasteiger partial charge in [-0.15, -0.1) is 0 Å². The lowest BCUT2D eigenvalue weighted by Gasteiger charge is -2.14. The van der Waals surface area contributed by atoms with E-state index in [0.717, 1.165) is 5.56 Å². The number of hydrogen-bond donors (Lipinski definition) is 1. The quantitative estimate of drug-likeness (QED) is 0.829. The number of nitrogens with zero attached hydrogens (tertiary/aromatic N) is 1. The molecule has 0 aliphatic carbocycles. The van der Waals surface area contributed by atoms with E-state index in [1.807, 2.05) is 13.0 Å². The number of pyridine rings is 1. The van der Waals surface area contributed by atoms with Gasteiger partial charge in [0.05, 0.1) is 7.11 Å². The van der Waals surface area contributed by atoms with Crippen molar-refractivity contribution in [1.29, 1.82) is 0 Å². The van der Waals surface area contributed by atoms with Crippen LogP contribution in [-0.2, 0) is 6.54 Å². The Bertz CT molecular complexity index is 365. The standard InChI is InChI=1S/C13H19F3N2O/c1-10(4-3-7-13(14,15)16)17-8-11-5-6-12(19-2)18-9-11/h5-6,9-10,17H,3-4,7-8H2,1-2H3. The molecule has 0 aliphatic rings. The fraction of sp³-hybridized carbons (Fsp3) is 0.615. The molecule has 0 aromatic carbocycles. The zero-order chi connectivity index (χ0) is 14.3. The molecule has 0 aliphatic heterocycles. The van der Waals surface area contributed by atoms with Gasteiger partial charge in [-0.25, -0.2) is 4.98 Å². The Morgan fingerprint density at radius 1 is 1.37 bits per heavy atom.